The van der Waals surface area contributed by atoms with Gasteiger partial charge in [-0.15, -0.1) is 0 Å². The first-order valence-electron chi connectivity index (χ1n) is 9.71. The number of rotatable bonds is 6. The summed E-state index contributed by atoms with van der Waals surface area (Å²) in [6.45, 7) is 1.34. The summed E-state index contributed by atoms with van der Waals surface area (Å²) in [4.78, 5) is 4.56. The predicted octanol–water partition coefficient (Wildman–Crippen LogP) is 3.50. The van der Waals surface area contributed by atoms with Crippen LogP contribution < -0.4 is 10.5 Å². The minimum Gasteiger partial charge on any atom is -0.439 e. The minimum absolute atomic E-state index is 0.0141. The van der Waals surface area contributed by atoms with Crippen molar-refractivity contribution in [3.8, 4) is 29.0 Å². The molecule has 1 aliphatic rings. The van der Waals surface area contributed by atoms with Crippen LogP contribution in [-0.2, 0) is 18.2 Å². The summed E-state index contributed by atoms with van der Waals surface area (Å²) >= 11 is 0. The predicted molar refractivity (Wildman–Crippen MR) is 108 cm³/mol. The number of hydrogen-bond acceptors (Lipinski definition) is 6. The van der Waals surface area contributed by atoms with Gasteiger partial charge in [-0.1, -0.05) is 6.07 Å². The van der Waals surface area contributed by atoms with E-state index in [9.17, 15) is 5.26 Å². The Labute approximate surface area is 169 Å². The number of nitrogens with two attached hydrogens (primary N) is 1. The third-order valence-electron chi connectivity index (χ3n) is 4.97. The number of nitrogens with zero attached hydrogens (tertiary/aromatic N) is 4. The lowest BCUT2D eigenvalue weighted by atomic mass is 10.1. The van der Waals surface area contributed by atoms with Crippen molar-refractivity contribution in [1.29, 1.82) is 5.26 Å². The average Bonchev–Trinajstić information content (AvgIpc) is 3.39. The number of aromatic nitrogens is 3. The number of pyridine rings is 1. The minimum atomic E-state index is 0.0141. The van der Waals surface area contributed by atoms with Gasteiger partial charge >= 0.3 is 0 Å². The van der Waals surface area contributed by atoms with Crippen molar-refractivity contribution < 1.29 is 9.47 Å². The highest BCUT2D eigenvalue weighted by atomic mass is 16.5. The molecular formula is C22H23N5O2. The van der Waals surface area contributed by atoms with E-state index in [0.717, 1.165) is 48.4 Å². The van der Waals surface area contributed by atoms with Crippen LogP contribution >= 0.6 is 0 Å². The summed E-state index contributed by atoms with van der Waals surface area (Å²) in [5.74, 6) is 1.15. The molecule has 1 saturated heterocycles. The molecule has 3 heterocycles. The van der Waals surface area contributed by atoms with E-state index in [2.05, 4.69) is 16.2 Å². The fraction of sp³-hybridized carbons (Fsp3) is 0.318. The summed E-state index contributed by atoms with van der Waals surface area (Å²) in [5.41, 5.74) is 9.66. The Morgan fingerprint density at radius 1 is 1.31 bits per heavy atom. The summed E-state index contributed by atoms with van der Waals surface area (Å²) in [5, 5.41) is 13.9. The van der Waals surface area contributed by atoms with Crippen LogP contribution in [0, 0.1) is 11.3 Å². The first kappa shape index (κ1) is 19.1. The third-order valence-corrected chi connectivity index (χ3v) is 4.97. The lowest BCUT2D eigenvalue weighted by Gasteiger charge is -2.11. The van der Waals surface area contributed by atoms with E-state index in [1.807, 2.05) is 37.5 Å². The highest BCUT2D eigenvalue weighted by molar-refractivity contribution is 5.69. The maximum atomic E-state index is 9.32. The Morgan fingerprint density at radius 2 is 2.21 bits per heavy atom. The molecule has 4 rings (SSSR count). The van der Waals surface area contributed by atoms with Gasteiger partial charge in [-0.25, -0.2) is 4.68 Å². The van der Waals surface area contributed by atoms with Crippen LogP contribution in [-0.4, -0.2) is 27.9 Å². The van der Waals surface area contributed by atoms with Crippen molar-refractivity contribution in [3.63, 3.8) is 0 Å². The molecule has 0 saturated carbocycles. The topological polar surface area (TPSA) is 99.0 Å². The lowest BCUT2D eigenvalue weighted by Crippen LogP contribution is -2.03. The second-order valence-electron chi connectivity index (χ2n) is 7.05. The number of aryl methyl sites for hydroxylation is 1. The molecule has 1 atom stereocenters. The normalized spacial score (nSPS) is 16.0. The van der Waals surface area contributed by atoms with Crippen molar-refractivity contribution in [3.05, 3.63) is 59.4 Å². The summed E-state index contributed by atoms with van der Waals surface area (Å²) < 4.78 is 13.6. The summed E-state index contributed by atoms with van der Waals surface area (Å²) in [6, 6.07) is 13.4. The van der Waals surface area contributed by atoms with E-state index in [1.165, 1.54) is 0 Å². The van der Waals surface area contributed by atoms with Crippen molar-refractivity contribution in [2.24, 2.45) is 12.8 Å². The zero-order valence-corrected chi connectivity index (χ0v) is 16.3. The standard InChI is InChI=1S/C22H23N5O2/c1-27-22(12-19(26-27)20-3-2-10-28-20)29-21-11-16(13-24)4-6-17(21)18-7-5-15(8-9-23)14-25-18/h4-7,11-12,14,20H,2-3,8-10,23H2,1H3/t20-/m1/s1. The molecule has 2 aromatic heterocycles. The molecule has 0 spiro atoms. The third kappa shape index (κ3) is 4.14. The van der Waals surface area contributed by atoms with Gasteiger partial charge in [0.2, 0.25) is 5.88 Å². The maximum absolute atomic E-state index is 9.32. The average molecular weight is 389 g/mol. The van der Waals surface area contributed by atoms with Gasteiger partial charge in [0.1, 0.15) is 11.9 Å². The van der Waals surface area contributed by atoms with Gasteiger partial charge in [0.15, 0.2) is 0 Å². The molecule has 1 aliphatic heterocycles. The van der Waals surface area contributed by atoms with E-state index in [4.69, 9.17) is 15.2 Å². The van der Waals surface area contributed by atoms with Crippen molar-refractivity contribution in [1.82, 2.24) is 14.8 Å². The molecule has 0 amide bonds. The molecule has 2 N–H and O–H groups in total. The molecule has 0 unspecified atom stereocenters. The van der Waals surface area contributed by atoms with Crippen LogP contribution in [0.5, 0.6) is 11.6 Å². The highest BCUT2D eigenvalue weighted by Gasteiger charge is 2.22. The zero-order valence-electron chi connectivity index (χ0n) is 16.3. The molecule has 1 aromatic carbocycles. The summed E-state index contributed by atoms with van der Waals surface area (Å²) in [6.07, 6.45) is 4.62. The van der Waals surface area contributed by atoms with Crippen LogP contribution in [0.3, 0.4) is 0 Å². The zero-order chi connectivity index (χ0) is 20.2. The van der Waals surface area contributed by atoms with Gasteiger partial charge < -0.3 is 15.2 Å². The Balaban J connectivity index is 1.67. The van der Waals surface area contributed by atoms with Gasteiger partial charge in [-0.05, 0) is 55.6 Å². The second-order valence-corrected chi connectivity index (χ2v) is 7.05. The van der Waals surface area contributed by atoms with Crippen LogP contribution in [0.1, 0.15) is 35.8 Å². The Bertz CT molecular complexity index is 1030. The SMILES string of the molecule is Cn1nc([C@H]2CCCO2)cc1Oc1cc(C#N)ccc1-c1ccc(CCN)cn1. The van der Waals surface area contributed by atoms with Crippen LogP contribution in [0.2, 0.25) is 0 Å². The molecular weight excluding hydrogens is 366 g/mol. The van der Waals surface area contributed by atoms with E-state index in [0.29, 0.717) is 23.7 Å². The Hall–Kier alpha value is -3.21. The number of nitriles is 1. The monoisotopic (exact) mass is 389 g/mol. The molecule has 29 heavy (non-hydrogen) atoms. The Kier molecular flexibility index (Phi) is 5.56. The number of ether oxygens (including phenoxy) is 2. The molecule has 0 bridgehead atoms. The first-order chi connectivity index (χ1) is 14.2. The van der Waals surface area contributed by atoms with Crippen molar-refractivity contribution >= 4 is 0 Å². The number of benzene rings is 1. The van der Waals surface area contributed by atoms with Crippen molar-refractivity contribution in [2.45, 2.75) is 25.4 Å². The molecule has 1 fully saturated rings. The highest BCUT2D eigenvalue weighted by Crippen LogP contribution is 2.35. The van der Waals surface area contributed by atoms with E-state index in [-0.39, 0.29) is 6.10 Å². The molecule has 7 nitrogen and oxygen atoms in total. The van der Waals surface area contributed by atoms with Crippen LogP contribution in [0.4, 0.5) is 0 Å². The fourth-order valence-corrected chi connectivity index (χ4v) is 3.43. The first-order valence-corrected chi connectivity index (χ1v) is 9.71. The smallest absolute Gasteiger partial charge is 0.217 e. The molecule has 0 radical (unpaired) electrons. The van der Waals surface area contributed by atoms with E-state index < -0.39 is 0 Å². The second kappa shape index (κ2) is 8.43. The van der Waals surface area contributed by atoms with Gasteiger partial charge in [0.05, 0.1) is 23.0 Å². The summed E-state index contributed by atoms with van der Waals surface area (Å²) in [7, 11) is 1.83. The van der Waals surface area contributed by atoms with Crippen molar-refractivity contribution in [2.75, 3.05) is 13.2 Å². The van der Waals surface area contributed by atoms with E-state index >= 15 is 0 Å². The number of hydrogen-bond donors (Lipinski definition) is 1. The van der Waals surface area contributed by atoms with Crippen LogP contribution in [0.15, 0.2) is 42.6 Å². The lowest BCUT2D eigenvalue weighted by molar-refractivity contribution is 0.108. The molecule has 148 valence electrons. The Morgan fingerprint density at radius 3 is 2.90 bits per heavy atom. The largest absolute Gasteiger partial charge is 0.439 e. The fourth-order valence-electron chi connectivity index (χ4n) is 3.43. The molecule has 3 aromatic rings. The molecule has 0 aliphatic carbocycles. The van der Waals surface area contributed by atoms with Crippen LogP contribution in [0.25, 0.3) is 11.3 Å². The van der Waals surface area contributed by atoms with E-state index in [1.54, 1.807) is 16.8 Å². The van der Waals surface area contributed by atoms with Gasteiger partial charge in [-0.3, -0.25) is 4.98 Å². The maximum Gasteiger partial charge on any atom is 0.217 e. The van der Waals surface area contributed by atoms with Gasteiger partial charge in [0.25, 0.3) is 0 Å². The quantitative estimate of drug-likeness (QED) is 0.693. The van der Waals surface area contributed by atoms with Gasteiger partial charge in [-0.2, -0.15) is 10.4 Å². The molecule has 7 heteroatoms. The van der Waals surface area contributed by atoms with Gasteiger partial charge in [0, 0.05) is 31.5 Å².